The zero-order valence-corrected chi connectivity index (χ0v) is 11.9. The molecule has 1 unspecified atom stereocenters. The highest BCUT2D eigenvalue weighted by atomic mass is 16.5. The number of hydrogen-bond acceptors (Lipinski definition) is 3. The third-order valence-electron chi connectivity index (χ3n) is 3.65. The van der Waals surface area contributed by atoms with Crippen molar-refractivity contribution < 1.29 is 4.74 Å². The Balaban J connectivity index is 2.18. The van der Waals surface area contributed by atoms with Crippen LogP contribution in [0.2, 0.25) is 0 Å². The van der Waals surface area contributed by atoms with Gasteiger partial charge in [-0.2, -0.15) is 0 Å². The Kier molecular flexibility index (Phi) is 3.81. The Morgan fingerprint density at radius 2 is 2.00 bits per heavy atom. The predicted molar refractivity (Wildman–Crippen MR) is 76.5 cm³/mol. The first-order valence-electron chi connectivity index (χ1n) is 6.63. The maximum atomic E-state index is 5.46. The summed E-state index contributed by atoms with van der Waals surface area (Å²) < 4.78 is 5.46. The Morgan fingerprint density at radius 3 is 2.67 bits per heavy atom. The normalized spacial score (nSPS) is 20.9. The molecular formula is C15H24N2O. The van der Waals surface area contributed by atoms with E-state index in [0.29, 0.717) is 6.04 Å². The molecule has 1 atom stereocenters. The van der Waals surface area contributed by atoms with Crippen LogP contribution in [0.25, 0.3) is 0 Å². The van der Waals surface area contributed by atoms with E-state index in [1.807, 2.05) is 12.1 Å². The van der Waals surface area contributed by atoms with Crippen LogP contribution in [0.3, 0.4) is 0 Å². The minimum Gasteiger partial charge on any atom is -0.495 e. The second-order valence-corrected chi connectivity index (χ2v) is 5.99. The maximum absolute atomic E-state index is 5.46. The first-order chi connectivity index (χ1) is 8.52. The highest BCUT2D eigenvalue weighted by Gasteiger charge is 2.30. The fourth-order valence-corrected chi connectivity index (χ4v) is 2.44. The van der Waals surface area contributed by atoms with Gasteiger partial charge in [-0.25, -0.2) is 0 Å². The third-order valence-corrected chi connectivity index (χ3v) is 3.65. The van der Waals surface area contributed by atoms with Gasteiger partial charge in [-0.05, 0) is 17.5 Å². The molecule has 1 aliphatic rings. The van der Waals surface area contributed by atoms with Crippen molar-refractivity contribution in [1.29, 1.82) is 0 Å². The summed E-state index contributed by atoms with van der Waals surface area (Å²) in [4.78, 5) is 2.42. The summed E-state index contributed by atoms with van der Waals surface area (Å²) in [5.74, 6) is 0.965. The van der Waals surface area contributed by atoms with Crippen molar-refractivity contribution in [3.05, 3.63) is 24.3 Å². The molecule has 0 amide bonds. The summed E-state index contributed by atoms with van der Waals surface area (Å²) in [6.45, 7) is 9.96. The average molecular weight is 248 g/mol. The monoisotopic (exact) mass is 248 g/mol. The molecule has 0 radical (unpaired) electrons. The number of ether oxygens (including phenoxy) is 1. The van der Waals surface area contributed by atoms with E-state index in [0.717, 1.165) is 25.4 Å². The molecule has 1 saturated heterocycles. The smallest absolute Gasteiger partial charge is 0.142 e. The molecule has 1 fully saturated rings. The number of methoxy groups -OCH3 is 1. The molecular weight excluding hydrogens is 224 g/mol. The van der Waals surface area contributed by atoms with Gasteiger partial charge in [0, 0.05) is 25.7 Å². The topological polar surface area (TPSA) is 24.5 Å². The van der Waals surface area contributed by atoms with Gasteiger partial charge in [0.25, 0.3) is 0 Å². The van der Waals surface area contributed by atoms with Crippen molar-refractivity contribution >= 4 is 5.69 Å². The first kappa shape index (κ1) is 13.2. The number of rotatable bonds is 2. The molecule has 0 aromatic heterocycles. The van der Waals surface area contributed by atoms with Crippen LogP contribution in [0.15, 0.2) is 24.3 Å². The number of benzene rings is 1. The molecule has 1 N–H and O–H groups in total. The fourth-order valence-electron chi connectivity index (χ4n) is 2.44. The van der Waals surface area contributed by atoms with Crippen LogP contribution in [-0.4, -0.2) is 32.8 Å². The molecule has 3 nitrogen and oxygen atoms in total. The summed E-state index contributed by atoms with van der Waals surface area (Å²) in [6, 6.07) is 8.78. The molecule has 0 bridgehead atoms. The number of piperazine rings is 1. The van der Waals surface area contributed by atoms with Crippen molar-refractivity contribution in [3.8, 4) is 5.75 Å². The van der Waals surface area contributed by atoms with Gasteiger partial charge in [-0.3, -0.25) is 0 Å². The van der Waals surface area contributed by atoms with E-state index in [4.69, 9.17) is 4.74 Å². The molecule has 1 aromatic rings. The highest BCUT2D eigenvalue weighted by Crippen LogP contribution is 2.30. The molecule has 0 spiro atoms. The van der Waals surface area contributed by atoms with Crippen molar-refractivity contribution in [1.82, 2.24) is 5.32 Å². The zero-order valence-electron chi connectivity index (χ0n) is 11.9. The second-order valence-electron chi connectivity index (χ2n) is 5.99. The molecule has 18 heavy (non-hydrogen) atoms. The van der Waals surface area contributed by atoms with Crippen LogP contribution in [0.5, 0.6) is 5.75 Å². The molecule has 100 valence electrons. The third kappa shape index (κ3) is 2.78. The van der Waals surface area contributed by atoms with Gasteiger partial charge in [0.15, 0.2) is 0 Å². The van der Waals surface area contributed by atoms with Gasteiger partial charge < -0.3 is 15.0 Å². The number of para-hydroxylation sites is 2. The summed E-state index contributed by atoms with van der Waals surface area (Å²) >= 11 is 0. The van der Waals surface area contributed by atoms with E-state index in [1.165, 1.54) is 5.69 Å². The van der Waals surface area contributed by atoms with Gasteiger partial charge >= 0.3 is 0 Å². The lowest BCUT2D eigenvalue weighted by atomic mass is 9.85. The minimum atomic E-state index is 0.278. The maximum Gasteiger partial charge on any atom is 0.142 e. The first-order valence-corrected chi connectivity index (χ1v) is 6.63. The van der Waals surface area contributed by atoms with E-state index in [9.17, 15) is 0 Å². The van der Waals surface area contributed by atoms with Crippen molar-refractivity contribution in [2.24, 2.45) is 5.41 Å². The Morgan fingerprint density at radius 1 is 1.28 bits per heavy atom. The molecule has 0 saturated carbocycles. The number of hydrogen-bond donors (Lipinski definition) is 1. The number of anilines is 1. The summed E-state index contributed by atoms with van der Waals surface area (Å²) in [6.07, 6.45) is 0. The van der Waals surface area contributed by atoms with Crippen LogP contribution in [0, 0.1) is 5.41 Å². The van der Waals surface area contributed by atoms with Crippen molar-refractivity contribution in [2.45, 2.75) is 26.8 Å². The largest absolute Gasteiger partial charge is 0.495 e. The van der Waals surface area contributed by atoms with Crippen molar-refractivity contribution in [2.75, 3.05) is 31.6 Å². The van der Waals surface area contributed by atoms with Gasteiger partial charge in [-0.1, -0.05) is 32.9 Å². The van der Waals surface area contributed by atoms with E-state index in [1.54, 1.807) is 7.11 Å². The molecule has 1 aliphatic heterocycles. The molecule has 0 aliphatic carbocycles. The van der Waals surface area contributed by atoms with Crippen LogP contribution in [0.1, 0.15) is 20.8 Å². The van der Waals surface area contributed by atoms with Gasteiger partial charge in [0.05, 0.1) is 12.8 Å². The Bertz CT molecular complexity index is 398. The lowest BCUT2D eigenvalue weighted by molar-refractivity contribution is 0.253. The van der Waals surface area contributed by atoms with Gasteiger partial charge in [0.1, 0.15) is 5.75 Å². The Labute approximate surface area is 110 Å². The number of nitrogens with zero attached hydrogens (tertiary/aromatic N) is 1. The van der Waals surface area contributed by atoms with Crippen LogP contribution in [-0.2, 0) is 0 Å². The van der Waals surface area contributed by atoms with Gasteiger partial charge in [-0.15, -0.1) is 0 Å². The van der Waals surface area contributed by atoms with Crippen LogP contribution >= 0.6 is 0 Å². The minimum absolute atomic E-state index is 0.278. The summed E-state index contributed by atoms with van der Waals surface area (Å²) in [7, 11) is 1.74. The molecule has 1 heterocycles. The quantitative estimate of drug-likeness (QED) is 0.870. The molecule has 3 heteroatoms. The molecule has 2 rings (SSSR count). The summed E-state index contributed by atoms with van der Waals surface area (Å²) in [5, 5.41) is 3.61. The van der Waals surface area contributed by atoms with E-state index in [-0.39, 0.29) is 5.41 Å². The van der Waals surface area contributed by atoms with E-state index >= 15 is 0 Å². The van der Waals surface area contributed by atoms with Gasteiger partial charge in [0.2, 0.25) is 0 Å². The zero-order chi connectivity index (χ0) is 13.2. The standard InChI is InChI=1S/C15H24N2O/c1-15(2,3)14-11-17(10-9-16-14)12-7-5-6-8-13(12)18-4/h5-8,14,16H,9-11H2,1-4H3. The Hall–Kier alpha value is -1.22. The van der Waals surface area contributed by atoms with Crippen LogP contribution in [0.4, 0.5) is 5.69 Å². The second kappa shape index (κ2) is 5.19. The molecule has 1 aromatic carbocycles. The SMILES string of the molecule is COc1ccccc1N1CCNC(C(C)(C)C)C1. The highest BCUT2D eigenvalue weighted by molar-refractivity contribution is 5.58. The average Bonchev–Trinajstić information content (AvgIpc) is 2.38. The van der Waals surface area contributed by atoms with Crippen LogP contribution < -0.4 is 15.0 Å². The lowest BCUT2D eigenvalue weighted by Gasteiger charge is -2.41. The number of nitrogens with one attached hydrogen (secondary N) is 1. The lowest BCUT2D eigenvalue weighted by Crippen LogP contribution is -2.56. The van der Waals surface area contributed by atoms with Crippen molar-refractivity contribution in [3.63, 3.8) is 0 Å². The summed E-state index contributed by atoms with van der Waals surface area (Å²) in [5.41, 5.74) is 1.48. The van der Waals surface area contributed by atoms with E-state index < -0.39 is 0 Å². The fraction of sp³-hybridized carbons (Fsp3) is 0.600. The predicted octanol–water partition coefficient (Wildman–Crippen LogP) is 2.52. The van der Waals surface area contributed by atoms with E-state index in [2.05, 4.69) is 43.1 Å².